The predicted molar refractivity (Wildman–Crippen MR) is 62.3 cm³/mol. The van der Waals surface area contributed by atoms with E-state index in [0.29, 0.717) is 19.4 Å². The first-order valence-corrected chi connectivity index (χ1v) is 5.58. The van der Waals surface area contributed by atoms with Crippen molar-refractivity contribution >= 4 is 17.8 Å². The van der Waals surface area contributed by atoms with Crippen LogP contribution in [0.3, 0.4) is 0 Å². The summed E-state index contributed by atoms with van der Waals surface area (Å²) >= 11 is 0. The molecule has 8 heteroatoms. The Kier molecular flexibility index (Phi) is 7.84. The van der Waals surface area contributed by atoms with E-state index in [-0.39, 0.29) is 0 Å². The summed E-state index contributed by atoms with van der Waals surface area (Å²) in [5, 5.41) is 19.4. The van der Waals surface area contributed by atoms with Gasteiger partial charge in [-0.15, -0.1) is 0 Å². The van der Waals surface area contributed by atoms with Crippen molar-refractivity contribution in [3.8, 4) is 0 Å². The molecule has 0 spiro atoms. The van der Waals surface area contributed by atoms with Gasteiger partial charge in [0.15, 0.2) is 0 Å². The van der Waals surface area contributed by atoms with Crippen LogP contribution in [0.2, 0.25) is 0 Å². The number of amides is 2. The third-order valence-corrected chi connectivity index (χ3v) is 2.22. The Bertz CT molecular complexity index is 308. The van der Waals surface area contributed by atoms with Crippen LogP contribution in [-0.2, 0) is 14.4 Å². The van der Waals surface area contributed by atoms with Crippen LogP contribution in [0, 0.1) is 0 Å². The normalized spacial score (nSPS) is 13.7. The monoisotopic (exact) mass is 261 g/mol. The molecule has 0 bridgehead atoms. The van der Waals surface area contributed by atoms with Crippen molar-refractivity contribution in [1.29, 1.82) is 0 Å². The lowest BCUT2D eigenvalue weighted by atomic mass is 10.1. The van der Waals surface area contributed by atoms with Gasteiger partial charge in [-0.1, -0.05) is 6.42 Å². The molecule has 0 radical (unpaired) electrons. The van der Waals surface area contributed by atoms with Crippen molar-refractivity contribution in [3.05, 3.63) is 0 Å². The summed E-state index contributed by atoms with van der Waals surface area (Å²) in [5.41, 5.74) is 10.8. The van der Waals surface area contributed by atoms with Crippen molar-refractivity contribution in [1.82, 2.24) is 5.32 Å². The Morgan fingerprint density at radius 1 is 1.17 bits per heavy atom. The number of carboxylic acid groups (broad SMARTS) is 1. The van der Waals surface area contributed by atoms with Crippen LogP contribution < -0.4 is 16.8 Å². The van der Waals surface area contributed by atoms with E-state index < -0.39 is 36.4 Å². The van der Waals surface area contributed by atoms with E-state index >= 15 is 0 Å². The summed E-state index contributed by atoms with van der Waals surface area (Å²) in [4.78, 5) is 32.8. The number of rotatable bonds is 8. The fourth-order valence-corrected chi connectivity index (χ4v) is 1.20. The van der Waals surface area contributed by atoms with Crippen molar-refractivity contribution in [3.63, 3.8) is 0 Å². The molecule has 104 valence electrons. The van der Waals surface area contributed by atoms with E-state index in [1.54, 1.807) is 0 Å². The lowest BCUT2D eigenvalue weighted by molar-refractivity contribution is -0.145. The molecule has 0 fully saturated rings. The summed E-state index contributed by atoms with van der Waals surface area (Å²) in [5.74, 6) is -3.13. The van der Waals surface area contributed by atoms with Crippen molar-refractivity contribution in [2.45, 2.75) is 37.8 Å². The molecule has 0 aromatic carbocycles. The summed E-state index contributed by atoms with van der Waals surface area (Å²) in [6.45, 7) is 0.491. The number of nitrogens with two attached hydrogens (primary N) is 2. The highest BCUT2D eigenvalue weighted by Gasteiger charge is 2.22. The molecule has 0 aliphatic rings. The molecule has 0 rings (SSSR count). The molecule has 0 saturated carbocycles. The molecule has 0 aromatic heterocycles. The SMILES string of the molecule is NCCCC[C@H](N)C(=O)NC(=O)C(O)CC(=O)O. The van der Waals surface area contributed by atoms with Gasteiger partial charge < -0.3 is 21.7 Å². The number of aliphatic hydroxyl groups is 1. The minimum atomic E-state index is -1.76. The van der Waals surface area contributed by atoms with Crippen LogP contribution in [0.5, 0.6) is 0 Å². The van der Waals surface area contributed by atoms with E-state index in [9.17, 15) is 14.4 Å². The second-order valence-corrected chi connectivity index (χ2v) is 3.86. The molecule has 2 atom stereocenters. The van der Waals surface area contributed by atoms with Gasteiger partial charge in [-0.05, 0) is 19.4 Å². The van der Waals surface area contributed by atoms with E-state index in [2.05, 4.69) is 0 Å². The Labute approximate surface area is 104 Å². The van der Waals surface area contributed by atoms with Crippen molar-refractivity contribution < 1.29 is 24.6 Å². The Balaban J connectivity index is 4.05. The largest absolute Gasteiger partial charge is 0.481 e. The summed E-state index contributed by atoms with van der Waals surface area (Å²) in [7, 11) is 0. The molecule has 2 amide bonds. The molecular formula is C10H19N3O5. The highest BCUT2D eigenvalue weighted by molar-refractivity contribution is 6.00. The number of imide groups is 1. The van der Waals surface area contributed by atoms with Crippen LogP contribution in [-0.4, -0.2) is 46.7 Å². The van der Waals surface area contributed by atoms with Crippen LogP contribution in [0.1, 0.15) is 25.7 Å². The number of carbonyl (C=O) groups excluding carboxylic acids is 2. The van der Waals surface area contributed by atoms with Gasteiger partial charge in [-0.2, -0.15) is 0 Å². The Morgan fingerprint density at radius 3 is 2.28 bits per heavy atom. The van der Waals surface area contributed by atoms with Gasteiger partial charge in [0.2, 0.25) is 5.91 Å². The molecule has 0 aliphatic heterocycles. The van der Waals surface area contributed by atoms with E-state index in [0.717, 1.165) is 6.42 Å². The molecule has 0 aromatic rings. The first kappa shape index (κ1) is 16.5. The molecule has 0 heterocycles. The van der Waals surface area contributed by atoms with E-state index in [1.165, 1.54) is 0 Å². The standard InChI is InChI=1S/C10H19N3O5/c11-4-2-1-3-6(12)9(17)13-10(18)7(14)5-8(15)16/h6-7,14H,1-5,11-12H2,(H,15,16)(H,13,17,18)/t6-,7?/m0/s1. The van der Waals surface area contributed by atoms with Crippen LogP contribution >= 0.6 is 0 Å². The van der Waals surface area contributed by atoms with E-state index in [4.69, 9.17) is 21.7 Å². The van der Waals surface area contributed by atoms with Crippen molar-refractivity contribution in [2.24, 2.45) is 11.5 Å². The number of unbranched alkanes of at least 4 members (excludes halogenated alkanes) is 1. The van der Waals surface area contributed by atoms with Gasteiger partial charge in [0, 0.05) is 0 Å². The maximum absolute atomic E-state index is 11.4. The van der Waals surface area contributed by atoms with Crippen LogP contribution in [0.25, 0.3) is 0 Å². The first-order valence-electron chi connectivity index (χ1n) is 5.58. The average molecular weight is 261 g/mol. The number of nitrogens with one attached hydrogen (secondary N) is 1. The maximum atomic E-state index is 11.4. The summed E-state index contributed by atoms with van der Waals surface area (Å²) in [6.07, 6.45) is -0.789. The van der Waals surface area contributed by atoms with Gasteiger partial charge in [0.1, 0.15) is 6.10 Å². The molecule has 1 unspecified atom stereocenters. The fourth-order valence-electron chi connectivity index (χ4n) is 1.20. The van der Waals surface area contributed by atoms with Crippen molar-refractivity contribution in [2.75, 3.05) is 6.54 Å². The number of carbonyl (C=O) groups is 3. The summed E-state index contributed by atoms with van der Waals surface area (Å²) < 4.78 is 0. The second kappa shape index (κ2) is 8.56. The highest BCUT2D eigenvalue weighted by atomic mass is 16.4. The topological polar surface area (TPSA) is 156 Å². The first-order chi connectivity index (χ1) is 8.38. The minimum absolute atomic E-state index is 0.366. The lowest BCUT2D eigenvalue weighted by Gasteiger charge is -2.13. The maximum Gasteiger partial charge on any atom is 0.306 e. The number of aliphatic hydroxyl groups excluding tert-OH is 1. The van der Waals surface area contributed by atoms with Gasteiger partial charge >= 0.3 is 5.97 Å². The van der Waals surface area contributed by atoms with Gasteiger partial charge in [0.05, 0.1) is 12.5 Å². The fraction of sp³-hybridized carbons (Fsp3) is 0.700. The van der Waals surface area contributed by atoms with Crippen LogP contribution in [0.15, 0.2) is 0 Å². The Morgan fingerprint density at radius 2 is 1.78 bits per heavy atom. The zero-order valence-corrected chi connectivity index (χ0v) is 9.96. The molecule has 7 N–H and O–H groups in total. The quantitative estimate of drug-likeness (QED) is 0.314. The number of aliphatic carboxylic acids is 1. The molecule has 0 saturated heterocycles. The number of hydrogen-bond donors (Lipinski definition) is 5. The third kappa shape index (κ3) is 6.94. The molecule has 0 aliphatic carbocycles. The summed E-state index contributed by atoms with van der Waals surface area (Å²) in [6, 6.07) is -0.877. The molecule has 18 heavy (non-hydrogen) atoms. The zero-order chi connectivity index (χ0) is 14.1. The number of hydrogen-bond acceptors (Lipinski definition) is 6. The third-order valence-electron chi connectivity index (χ3n) is 2.22. The lowest BCUT2D eigenvalue weighted by Crippen LogP contribution is -2.47. The average Bonchev–Trinajstić information content (AvgIpc) is 2.28. The van der Waals surface area contributed by atoms with Gasteiger partial charge in [-0.25, -0.2) is 0 Å². The Hall–Kier alpha value is -1.51. The van der Waals surface area contributed by atoms with Gasteiger partial charge in [0.25, 0.3) is 5.91 Å². The molecule has 8 nitrogen and oxygen atoms in total. The van der Waals surface area contributed by atoms with E-state index in [1.807, 2.05) is 5.32 Å². The number of carboxylic acids is 1. The second-order valence-electron chi connectivity index (χ2n) is 3.86. The highest BCUT2D eigenvalue weighted by Crippen LogP contribution is 1.99. The van der Waals surface area contributed by atoms with Gasteiger partial charge in [-0.3, -0.25) is 19.7 Å². The van der Waals surface area contributed by atoms with Crippen LogP contribution in [0.4, 0.5) is 0 Å². The zero-order valence-electron chi connectivity index (χ0n) is 9.96. The predicted octanol–water partition coefficient (Wildman–Crippen LogP) is -2.08. The molecular weight excluding hydrogens is 242 g/mol. The smallest absolute Gasteiger partial charge is 0.306 e. The minimum Gasteiger partial charge on any atom is -0.481 e.